The van der Waals surface area contributed by atoms with Crippen molar-refractivity contribution in [3.63, 3.8) is 0 Å². The zero-order valence-electron chi connectivity index (χ0n) is 10.3. The average molecular weight is 302 g/mol. The van der Waals surface area contributed by atoms with Crippen LogP contribution in [0.2, 0.25) is 0 Å². The Balaban J connectivity index is 2.72. The molecule has 0 aliphatic heterocycles. The number of carbonyl (C=O) groups excluding carboxylic acids is 1. The van der Waals surface area contributed by atoms with E-state index in [9.17, 15) is 13.2 Å². The summed E-state index contributed by atoms with van der Waals surface area (Å²) in [6.07, 6.45) is -0.0271. The fraction of sp³-hybridized carbons (Fsp3) is 0.273. The largest absolute Gasteiger partial charge is 0.469 e. The van der Waals surface area contributed by atoms with Crippen LogP contribution < -0.4 is 10.5 Å². The van der Waals surface area contributed by atoms with E-state index >= 15 is 0 Å². The van der Waals surface area contributed by atoms with Gasteiger partial charge >= 0.3 is 5.97 Å². The van der Waals surface area contributed by atoms with Crippen molar-refractivity contribution in [1.82, 2.24) is 4.72 Å². The second-order valence-corrected chi connectivity index (χ2v) is 5.82. The number of rotatable bonds is 6. The molecule has 0 fully saturated rings. The van der Waals surface area contributed by atoms with Gasteiger partial charge in [0, 0.05) is 12.1 Å². The zero-order valence-corrected chi connectivity index (χ0v) is 11.9. The number of nitrogens with one attached hydrogen (secondary N) is 1. The minimum atomic E-state index is -3.65. The monoisotopic (exact) mass is 302 g/mol. The number of ether oxygens (including phenoxy) is 1. The number of esters is 1. The predicted molar refractivity (Wildman–Crippen MR) is 74.2 cm³/mol. The van der Waals surface area contributed by atoms with Crippen LogP contribution in [0.3, 0.4) is 0 Å². The Morgan fingerprint density at radius 1 is 1.37 bits per heavy atom. The number of nitrogens with two attached hydrogens (primary N) is 1. The molecule has 3 N–H and O–H groups in total. The Hall–Kier alpha value is -1.51. The first-order valence-corrected chi connectivity index (χ1v) is 7.22. The summed E-state index contributed by atoms with van der Waals surface area (Å²) in [4.78, 5) is 11.1. The van der Waals surface area contributed by atoms with E-state index in [4.69, 9.17) is 18.0 Å². The number of methoxy groups -OCH3 is 1. The Bertz CT molecular complexity index is 567. The molecule has 1 aromatic carbocycles. The van der Waals surface area contributed by atoms with E-state index in [1.54, 1.807) is 0 Å². The normalized spacial score (nSPS) is 11.0. The van der Waals surface area contributed by atoms with Crippen molar-refractivity contribution >= 4 is 33.2 Å². The van der Waals surface area contributed by atoms with Crippen molar-refractivity contribution in [1.29, 1.82) is 0 Å². The van der Waals surface area contributed by atoms with Crippen LogP contribution in [0.25, 0.3) is 0 Å². The molecule has 0 saturated carbocycles. The lowest BCUT2D eigenvalue weighted by molar-refractivity contribution is -0.140. The van der Waals surface area contributed by atoms with Gasteiger partial charge in [-0.2, -0.15) is 0 Å². The Kier molecular flexibility index (Phi) is 5.40. The highest BCUT2D eigenvalue weighted by Gasteiger charge is 2.14. The van der Waals surface area contributed by atoms with Gasteiger partial charge in [0.15, 0.2) is 0 Å². The Labute approximate surface area is 117 Å². The van der Waals surface area contributed by atoms with Gasteiger partial charge in [-0.05, 0) is 12.1 Å². The molecule has 0 spiro atoms. The summed E-state index contributed by atoms with van der Waals surface area (Å²) in [7, 11) is -2.41. The molecule has 0 heterocycles. The maximum atomic E-state index is 11.9. The van der Waals surface area contributed by atoms with E-state index in [0.29, 0.717) is 5.56 Å². The van der Waals surface area contributed by atoms with Crippen LogP contribution in [0.4, 0.5) is 0 Å². The lowest BCUT2D eigenvalue weighted by Crippen LogP contribution is -2.26. The van der Waals surface area contributed by atoms with Gasteiger partial charge in [0.2, 0.25) is 10.0 Å². The predicted octanol–water partition coefficient (Wildman–Crippen LogP) is 0.162. The standard InChI is InChI=1S/C11H14N2O4S2/c1-17-10(14)6-7-13-19(15,16)9-4-2-8(3-5-9)11(12)18/h2-5,13H,6-7H2,1H3,(H2,12,18). The maximum absolute atomic E-state index is 11.9. The average Bonchev–Trinajstić information content (AvgIpc) is 2.38. The van der Waals surface area contributed by atoms with Gasteiger partial charge in [-0.1, -0.05) is 24.4 Å². The molecule has 104 valence electrons. The van der Waals surface area contributed by atoms with Crippen molar-refractivity contribution in [2.24, 2.45) is 5.73 Å². The summed E-state index contributed by atoms with van der Waals surface area (Å²) < 4.78 is 30.4. The van der Waals surface area contributed by atoms with E-state index in [0.717, 1.165) is 0 Å². The van der Waals surface area contributed by atoms with Gasteiger partial charge in [-0.3, -0.25) is 4.79 Å². The van der Waals surface area contributed by atoms with Crippen molar-refractivity contribution in [3.05, 3.63) is 29.8 Å². The van der Waals surface area contributed by atoms with Crippen LogP contribution in [0, 0.1) is 0 Å². The molecule has 0 aromatic heterocycles. The molecule has 0 aliphatic carbocycles. The third-order valence-electron chi connectivity index (χ3n) is 2.30. The highest BCUT2D eigenvalue weighted by Crippen LogP contribution is 2.10. The van der Waals surface area contributed by atoms with Crippen LogP contribution in [-0.4, -0.2) is 33.0 Å². The van der Waals surface area contributed by atoms with E-state index < -0.39 is 16.0 Å². The third kappa shape index (κ3) is 4.58. The highest BCUT2D eigenvalue weighted by atomic mass is 32.2. The number of sulfonamides is 1. The molecule has 0 atom stereocenters. The fourth-order valence-electron chi connectivity index (χ4n) is 1.27. The van der Waals surface area contributed by atoms with E-state index in [-0.39, 0.29) is 22.8 Å². The molecule has 0 bridgehead atoms. The van der Waals surface area contributed by atoms with Gasteiger partial charge in [0.1, 0.15) is 4.99 Å². The number of hydrogen-bond donors (Lipinski definition) is 2. The summed E-state index contributed by atoms with van der Waals surface area (Å²) in [6.45, 7) is -0.0218. The minimum Gasteiger partial charge on any atom is -0.469 e. The van der Waals surface area contributed by atoms with Crippen LogP contribution >= 0.6 is 12.2 Å². The Morgan fingerprint density at radius 3 is 2.42 bits per heavy atom. The second kappa shape index (κ2) is 6.60. The molecule has 6 nitrogen and oxygen atoms in total. The number of carbonyl (C=O) groups is 1. The molecule has 19 heavy (non-hydrogen) atoms. The number of thiocarbonyl (C=S) groups is 1. The molecule has 0 aliphatic rings. The van der Waals surface area contributed by atoms with Crippen molar-refractivity contribution < 1.29 is 17.9 Å². The first-order chi connectivity index (χ1) is 8.86. The van der Waals surface area contributed by atoms with Gasteiger partial charge in [0.25, 0.3) is 0 Å². The van der Waals surface area contributed by atoms with Crippen LogP contribution in [0.15, 0.2) is 29.2 Å². The fourth-order valence-corrected chi connectivity index (χ4v) is 2.44. The summed E-state index contributed by atoms with van der Waals surface area (Å²) >= 11 is 4.77. The van der Waals surface area contributed by atoms with E-state index in [1.165, 1.54) is 31.4 Å². The molecular formula is C11H14N2O4S2. The summed E-state index contributed by atoms with van der Waals surface area (Å²) in [5.41, 5.74) is 6.00. The number of hydrogen-bond acceptors (Lipinski definition) is 5. The molecule has 0 unspecified atom stereocenters. The van der Waals surface area contributed by atoms with Crippen LogP contribution in [-0.2, 0) is 19.6 Å². The van der Waals surface area contributed by atoms with Crippen molar-refractivity contribution in [2.75, 3.05) is 13.7 Å². The van der Waals surface area contributed by atoms with Crippen LogP contribution in [0.5, 0.6) is 0 Å². The minimum absolute atomic E-state index is 0.0218. The second-order valence-electron chi connectivity index (χ2n) is 3.61. The molecule has 1 aromatic rings. The number of benzene rings is 1. The molecule has 8 heteroatoms. The third-order valence-corrected chi connectivity index (χ3v) is 4.01. The quantitative estimate of drug-likeness (QED) is 0.574. The first kappa shape index (κ1) is 15.5. The zero-order chi connectivity index (χ0) is 14.5. The van der Waals surface area contributed by atoms with E-state index in [1.807, 2.05) is 0 Å². The SMILES string of the molecule is COC(=O)CCNS(=O)(=O)c1ccc(C(N)=S)cc1. The maximum Gasteiger partial charge on any atom is 0.306 e. The summed E-state index contributed by atoms with van der Waals surface area (Å²) in [6, 6.07) is 5.85. The van der Waals surface area contributed by atoms with Gasteiger partial charge in [0.05, 0.1) is 18.4 Å². The molecule has 1 rings (SSSR count). The Morgan fingerprint density at radius 2 is 1.95 bits per heavy atom. The van der Waals surface area contributed by atoms with E-state index in [2.05, 4.69) is 9.46 Å². The smallest absolute Gasteiger partial charge is 0.306 e. The van der Waals surface area contributed by atoms with Gasteiger partial charge < -0.3 is 10.5 Å². The van der Waals surface area contributed by atoms with Gasteiger partial charge in [-0.15, -0.1) is 0 Å². The van der Waals surface area contributed by atoms with Crippen molar-refractivity contribution in [2.45, 2.75) is 11.3 Å². The molecule has 0 radical (unpaired) electrons. The van der Waals surface area contributed by atoms with Crippen LogP contribution in [0.1, 0.15) is 12.0 Å². The van der Waals surface area contributed by atoms with Gasteiger partial charge in [-0.25, -0.2) is 13.1 Å². The first-order valence-electron chi connectivity index (χ1n) is 5.33. The molecular weight excluding hydrogens is 288 g/mol. The topological polar surface area (TPSA) is 98.5 Å². The lowest BCUT2D eigenvalue weighted by atomic mass is 10.2. The highest BCUT2D eigenvalue weighted by molar-refractivity contribution is 7.89. The molecule has 0 amide bonds. The summed E-state index contributed by atoms with van der Waals surface area (Å²) in [5.74, 6) is -0.480. The lowest BCUT2D eigenvalue weighted by Gasteiger charge is -2.06. The summed E-state index contributed by atoms with van der Waals surface area (Å²) in [5, 5.41) is 0. The molecule has 0 saturated heterocycles. The van der Waals surface area contributed by atoms with Crippen molar-refractivity contribution in [3.8, 4) is 0 Å².